The van der Waals surface area contributed by atoms with E-state index in [-0.39, 0.29) is 31.0 Å². The number of alkyl halides is 3. The summed E-state index contributed by atoms with van der Waals surface area (Å²) < 4.78 is 37.8. The molecule has 1 aromatic rings. The van der Waals surface area contributed by atoms with E-state index in [9.17, 15) is 18.0 Å². The van der Waals surface area contributed by atoms with Gasteiger partial charge in [0.25, 0.3) is 0 Å². The Bertz CT molecular complexity index is 520. The minimum Gasteiger partial charge on any atom is -0.299 e. The molecule has 0 unspecified atom stereocenters. The highest BCUT2D eigenvalue weighted by atomic mass is 35.5. The lowest BCUT2D eigenvalue weighted by atomic mass is 9.78. The van der Waals surface area contributed by atoms with E-state index in [0.29, 0.717) is 28.5 Å². The molecule has 1 fully saturated rings. The van der Waals surface area contributed by atoms with Gasteiger partial charge in [-0.2, -0.15) is 13.2 Å². The van der Waals surface area contributed by atoms with E-state index < -0.39 is 12.1 Å². The van der Waals surface area contributed by atoms with E-state index in [1.165, 1.54) is 0 Å². The molecule has 116 valence electrons. The lowest BCUT2D eigenvalue weighted by Crippen LogP contribution is -2.30. The Hall–Kier alpha value is -0.740. The first-order valence-corrected chi connectivity index (χ1v) is 7.56. The van der Waals surface area contributed by atoms with Crippen molar-refractivity contribution in [1.82, 2.24) is 0 Å². The number of carbonyl (C=O) groups excluding carboxylic acids is 1. The van der Waals surface area contributed by atoms with Gasteiger partial charge in [0.2, 0.25) is 0 Å². The number of Topliss-reactive ketones (excluding diaryl/α,β-unsaturated/α-hetero) is 1. The van der Waals surface area contributed by atoms with Gasteiger partial charge in [0.1, 0.15) is 5.78 Å². The SMILES string of the molecule is O=C(Cc1cc(Cl)ccc1Cl)C1CCC(C(F)(F)F)CC1. The van der Waals surface area contributed by atoms with Crippen LogP contribution in [0, 0.1) is 11.8 Å². The van der Waals surface area contributed by atoms with Crippen molar-refractivity contribution in [2.24, 2.45) is 11.8 Å². The van der Waals surface area contributed by atoms with Gasteiger partial charge in [-0.05, 0) is 49.4 Å². The molecule has 1 aromatic carbocycles. The van der Waals surface area contributed by atoms with Crippen LogP contribution in [0.1, 0.15) is 31.2 Å². The summed E-state index contributed by atoms with van der Waals surface area (Å²) in [6.45, 7) is 0. The van der Waals surface area contributed by atoms with Gasteiger partial charge < -0.3 is 0 Å². The molecule has 0 radical (unpaired) electrons. The Morgan fingerprint density at radius 2 is 1.76 bits per heavy atom. The largest absolute Gasteiger partial charge is 0.391 e. The Labute approximate surface area is 131 Å². The number of halogens is 5. The van der Waals surface area contributed by atoms with Crippen LogP contribution in [-0.4, -0.2) is 12.0 Å². The number of carbonyl (C=O) groups is 1. The van der Waals surface area contributed by atoms with Gasteiger partial charge in [-0.25, -0.2) is 0 Å². The van der Waals surface area contributed by atoms with Crippen LogP contribution in [0.3, 0.4) is 0 Å². The smallest absolute Gasteiger partial charge is 0.299 e. The molecule has 0 atom stereocenters. The summed E-state index contributed by atoms with van der Waals surface area (Å²) >= 11 is 11.9. The van der Waals surface area contributed by atoms with Crippen LogP contribution in [0.5, 0.6) is 0 Å². The summed E-state index contributed by atoms with van der Waals surface area (Å²) in [6.07, 6.45) is -3.38. The number of hydrogen-bond donors (Lipinski definition) is 0. The lowest BCUT2D eigenvalue weighted by molar-refractivity contribution is -0.184. The monoisotopic (exact) mass is 338 g/mol. The first-order valence-electron chi connectivity index (χ1n) is 6.80. The molecule has 1 saturated carbocycles. The highest BCUT2D eigenvalue weighted by Gasteiger charge is 2.42. The molecule has 1 nitrogen and oxygen atoms in total. The summed E-state index contributed by atoms with van der Waals surface area (Å²) in [5.41, 5.74) is 0.632. The Morgan fingerprint density at radius 3 is 2.33 bits per heavy atom. The number of benzene rings is 1. The molecule has 21 heavy (non-hydrogen) atoms. The standard InChI is InChI=1S/C15H15Cl2F3O/c16-12-5-6-13(17)10(7-12)8-14(21)9-1-3-11(4-2-9)15(18,19)20/h5-7,9,11H,1-4,8H2. The van der Waals surface area contributed by atoms with Crippen LogP contribution in [-0.2, 0) is 11.2 Å². The van der Waals surface area contributed by atoms with Crippen molar-refractivity contribution in [2.45, 2.75) is 38.3 Å². The fourth-order valence-corrected chi connectivity index (χ4v) is 3.13. The maximum Gasteiger partial charge on any atom is 0.391 e. The molecular formula is C15H15Cl2F3O. The van der Waals surface area contributed by atoms with E-state index in [0.717, 1.165) is 0 Å². The van der Waals surface area contributed by atoms with Gasteiger partial charge in [-0.3, -0.25) is 4.79 Å². The fraction of sp³-hybridized carbons (Fsp3) is 0.533. The fourth-order valence-electron chi connectivity index (χ4n) is 2.75. The molecule has 0 saturated heterocycles. The zero-order chi connectivity index (χ0) is 15.6. The molecule has 0 aromatic heterocycles. The predicted octanol–water partition coefficient (Wildman–Crippen LogP) is 5.47. The van der Waals surface area contributed by atoms with E-state index in [4.69, 9.17) is 23.2 Å². The summed E-state index contributed by atoms with van der Waals surface area (Å²) in [7, 11) is 0. The average molecular weight is 339 g/mol. The van der Waals surface area contributed by atoms with Crippen LogP contribution in [0.25, 0.3) is 0 Å². The van der Waals surface area contributed by atoms with Crippen molar-refractivity contribution in [3.05, 3.63) is 33.8 Å². The second kappa shape index (κ2) is 6.57. The van der Waals surface area contributed by atoms with Crippen LogP contribution in [0.2, 0.25) is 10.0 Å². The van der Waals surface area contributed by atoms with Crippen LogP contribution in [0.4, 0.5) is 13.2 Å². The van der Waals surface area contributed by atoms with Gasteiger partial charge in [0, 0.05) is 22.4 Å². The number of ketones is 1. The van der Waals surface area contributed by atoms with Crippen molar-refractivity contribution in [3.8, 4) is 0 Å². The van der Waals surface area contributed by atoms with E-state index in [2.05, 4.69) is 0 Å². The minimum atomic E-state index is -4.15. The van der Waals surface area contributed by atoms with E-state index in [1.807, 2.05) is 0 Å². The topological polar surface area (TPSA) is 17.1 Å². The van der Waals surface area contributed by atoms with Crippen molar-refractivity contribution in [2.75, 3.05) is 0 Å². The van der Waals surface area contributed by atoms with Gasteiger partial charge >= 0.3 is 6.18 Å². The predicted molar refractivity (Wildman–Crippen MR) is 76.7 cm³/mol. The number of rotatable bonds is 3. The molecule has 0 bridgehead atoms. The molecule has 1 aliphatic rings. The average Bonchev–Trinajstić information content (AvgIpc) is 2.42. The molecule has 0 heterocycles. The summed E-state index contributed by atoms with van der Waals surface area (Å²) in [5, 5.41) is 0.944. The third-order valence-electron chi connectivity index (χ3n) is 4.02. The second-order valence-corrected chi connectivity index (χ2v) is 6.31. The van der Waals surface area contributed by atoms with Crippen LogP contribution in [0.15, 0.2) is 18.2 Å². The molecule has 1 aliphatic carbocycles. The number of hydrogen-bond acceptors (Lipinski definition) is 1. The third-order valence-corrected chi connectivity index (χ3v) is 4.62. The van der Waals surface area contributed by atoms with E-state index in [1.54, 1.807) is 18.2 Å². The quantitative estimate of drug-likeness (QED) is 0.713. The first kappa shape index (κ1) is 16.6. The zero-order valence-corrected chi connectivity index (χ0v) is 12.7. The first-order chi connectivity index (χ1) is 9.77. The Kier molecular flexibility index (Phi) is 5.20. The van der Waals surface area contributed by atoms with Gasteiger partial charge in [0.15, 0.2) is 0 Å². The summed E-state index contributed by atoms with van der Waals surface area (Å²) in [5.74, 6) is -1.63. The molecule has 0 amide bonds. The lowest BCUT2D eigenvalue weighted by Gasteiger charge is -2.29. The molecule has 2 rings (SSSR count). The summed E-state index contributed by atoms with van der Waals surface area (Å²) in [6, 6.07) is 4.88. The normalized spacial score (nSPS) is 23.1. The van der Waals surface area contributed by atoms with Gasteiger partial charge in [-0.1, -0.05) is 23.2 Å². The second-order valence-electron chi connectivity index (χ2n) is 5.47. The van der Waals surface area contributed by atoms with Crippen LogP contribution >= 0.6 is 23.2 Å². The summed E-state index contributed by atoms with van der Waals surface area (Å²) in [4.78, 5) is 12.2. The molecule has 6 heteroatoms. The zero-order valence-electron chi connectivity index (χ0n) is 11.2. The molecular weight excluding hydrogens is 324 g/mol. The Balaban J connectivity index is 1.95. The van der Waals surface area contributed by atoms with E-state index >= 15 is 0 Å². The Morgan fingerprint density at radius 1 is 1.14 bits per heavy atom. The minimum absolute atomic E-state index is 0.0309. The molecule has 0 N–H and O–H groups in total. The van der Waals surface area contributed by atoms with Crippen molar-refractivity contribution in [3.63, 3.8) is 0 Å². The molecule has 0 spiro atoms. The van der Waals surface area contributed by atoms with Crippen molar-refractivity contribution >= 4 is 29.0 Å². The van der Waals surface area contributed by atoms with Crippen LogP contribution < -0.4 is 0 Å². The van der Waals surface area contributed by atoms with Gasteiger partial charge in [-0.15, -0.1) is 0 Å². The third kappa shape index (κ3) is 4.36. The highest BCUT2D eigenvalue weighted by molar-refractivity contribution is 6.33. The molecule has 0 aliphatic heterocycles. The maximum absolute atomic E-state index is 12.6. The van der Waals surface area contributed by atoms with Gasteiger partial charge in [0.05, 0.1) is 5.92 Å². The van der Waals surface area contributed by atoms with Crippen molar-refractivity contribution in [1.29, 1.82) is 0 Å². The maximum atomic E-state index is 12.6. The van der Waals surface area contributed by atoms with Crippen molar-refractivity contribution < 1.29 is 18.0 Å². The highest BCUT2D eigenvalue weighted by Crippen LogP contribution is 2.40.